The molecule has 1 N–H and O–H groups in total. The van der Waals surface area contributed by atoms with E-state index in [1.165, 1.54) is 0 Å². The number of para-hydroxylation sites is 1. The van der Waals surface area contributed by atoms with Crippen molar-refractivity contribution in [3.05, 3.63) is 36.5 Å². The minimum Gasteiger partial charge on any atom is -0.725 e. The van der Waals surface area contributed by atoms with Gasteiger partial charge in [-0.15, -0.1) is 0 Å². The van der Waals surface area contributed by atoms with Crippen molar-refractivity contribution in [2.24, 2.45) is 0 Å². The van der Waals surface area contributed by atoms with Crippen molar-refractivity contribution in [3.63, 3.8) is 0 Å². The van der Waals surface area contributed by atoms with E-state index in [1.54, 1.807) is 12.3 Å². The van der Waals surface area contributed by atoms with Crippen molar-refractivity contribution in [1.29, 1.82) is 0 Å². The van der Waals surface area contributed by atoms with Gasteiger partial charge in [0.05, 0.1) is 5.52 Å². The molecule has 9 heteroatoms. The minimum absolute atomic E-state index is 0.296. The summed E-state index contributed by atoms with van der Waals surface area (Å²) >= 11 is 0.583. The van der Waals surface area contributed by atoms with E-state index in [0.29, 0.717) is 30.1 Å². The average Bonchev–Trinajstić information content (AvgIpc) is 2.46. The maximum absolute atomic E-state index is 10.2. The highest BCUT2D eigenvalue weighted by Gasteiger charge is 2.07. The van der Waals surface area contributed by atoms with E-state index in [-0.39, 0.29) is 6.23 Å². The standard InChI is InChI=1S/C13H16N2O5S2/c1-10(14-8-9-21-20-22(16,17)18)19-13-6-7-15-12-5-3-2-4-11(12)13/h2-7,10,14H,8-9H2,1H3,(H,16,17,18)/p-1. The molecular formula is C13H15N2O5S2-. The van der Waals surface area contributed by atoms with Gasteiger partial charge in [-0.2, -0.15) is 0 Å². The summed E-state index contributed by atoms with van der Waals surface area (Å²) in [6.07, 6.45) is 1.38. The molecule has 0 aliphatic carbocycles. The van der Waals surface area contributed by atoms with Crippen molar-refractivity contribution in [3.8, 4) is 5.75 Å². The first-order chi connectivity index (χ1) is 10.5. The Morgan fingerprint density at radius 2 is 2.14 bits per heavy atom. The molecule has 7 nitrogen and oxygen atoms in total. The van der Waals surface area contributed by atoms with Crippen LogP contribution >= 0.6 is 12.0 Å². The van der Waals surface area contributed by atoms with Crippen LogP contribution in [0.2, 0.25) is 0 Å². The van der Waals surface area contributed by atoms with Gasteiger partial charge in [-0.3, -0.25) is 10.3 Å². The summed E-state index contributed by atoms with van der Waals surface area (Å²) in [4.78, 5) is 4.25. The molecule has 2 rings (SSSR count). The lowest BCUT2D eigenvalue weighted by Crippen LogP contribution is -2.33. The van der Waals surface area contributed by atoms with Crippen LogP contribution in [-0.4, -0.2) is 36.5 Å². The summed E-state index contributed by atoms with van der Waals surface area (Å²) in [7, 11) is -4.65. The molecule has 0 saturated heterocycles. The molecule has 0 radical (unpaired) electrons. The number of nitrogens with one attached hydrogen (secondary N) is 1. The zero-order valence-electron chi connectivity index (χ0n) is 11.8. The molecule has 1 heterocycles. The number of nitrogens with zero attached hydrogens (tertiary/aromatic N) is 1. The molecule has 1 unspecified atom stereocenters. The number of fused-ring (bicyclic) bond motifs is 1. The third-order valence-corrected chi connectivity index (χ3v) is 4.08. The molecule has 22 heavy (non-hydrogen) atoms. The molecule has 1 aromatic heterocycles. The normalized spacial score (nSPS) is 13.2. The zero-order chi connectivity index (χ0) is 16.0. The Kier molecular flexibility index (Phi) is 5.98. The molecule has 0 amide bonds. The summed E-state index contributed by atoms with van der Waals surface area (Å²) < 4.78 is 40.6. The number of pyridine rings is 1. The van der Waals surface area contributed by atoms with E-state index in [0.717, 1.165) is 10.9 Å². The topological polar surface area (TPSA) is 101 Å². The highest BCUT2D eigenvalue weighted by Crippen LogP contribution is 2.23. The Morgan fingerprint density at radius 3 is 2.91 bits per heavy atom. The summed E-state index contributed by atoms with van der Waals surface area (Å²) in [5.41, 5.74) is 0.844. The van der Waals surface area contributed by atoms with Gasteiger partial charge in [-0.1, -0.05) is 12.1 Å². The first kappa shape index (κ1) is 17.0. The lowest BCUT2D eigenvalue weighted by Gasteiger charge is -2.17. The molecular weight excluding hydrogens is 328 g/mol. The van der Waals surface area contributed by atoms with Crippen LogP contribution < -0.4 is 10.1 Å². The summed E-state index contributed by atoms with van der Waals surface area (Å²) in [5.74, 6) is 1.00. The van der Waals surface area contributed by atoms with Crippen molar-refractivity contribution >= 4 is 33.3 Å². The van der Waals surface area contributed by atoms with Crippen LogP contribution in [0.15, 0.2) is 36.5 Å². The zero-order valence-corrected chi connectivity index (χ0v) is 13.4. The van der Waals surface area contributed by atoms with E-state index >= 15 is 0 Å². The Morgan fingerprint density at radius 1 is 1.36 bits per heavy atom. The average molecular weight is 343 g/mol. The summed E-state index contributed by atoms with van der Waals surface area (Å²) in [5, 5.41) is 3.95. The van der Waals surface area contributed by atoms with Crippen LogP contribution in [0.3, 0.4) is 0 Å². The Balaban J connectivity index is 1.82. The van der Waals surface area contributed by atoms with Crippen molar-refractivity contribution in [2.75, 3.05) is 12.3 Å². The lowest BCUT2D eigenvalue weighted by atomic mass is 10.2. The fourth-order valence-electron chi connectivity index (χ4n) is 1.80. The second-order valence-electron chi connectivity index (χ2n) is 4.34. The maximum Gasteiger partial charge on any atom is 0.228 e. The number of ether oxygens (including phenoxy) is 1. The number of hydrogen-bond donors (Lipinski definition) is 1. The molecule has 1 atom stereocenters. The first-order valence-electron chi connectivity index (χ1n) is 6.46. The smallest absolute Gasteiger partial charge is 0.228 e. The van der Waals surface area contributed by atoms with Gasteiger partial charge < -0.3 is 9.29 Å². The number of benzene rings is 1. The Labute approximate surface area is 133 Å². The van der Waals surface area contributed by atoms with Crippen LogP contribution in [0.4, 0.5) is 0 Å². The van der Waals surface area contributed by atoms with E-state index in [4.69, 9.17) is 4.74 Å². The van der Waals surface area contributed by atoms with E-state index < -0.39 is 10.4 Å². The van der Waals surface area contributed by atoms with Gasteiger partial charge in [0.2, 0.25) is 10.4 Å². The highest BCUT2D eigenvalue weighted by atomic mass is 32.3. The second kappa shape index (κ2) is 7.75. The fraction of sp³-hybridized carbons (Fsp3) is 0.308. The van der Waals surface area contributed by atoms with Gasteiger partial charge in [-0.25, -0.2) is 12.0 Å². The van der Waals surface area contributed by atoms with Gasteiger partial charge in [0.15, 0.2) is 0 Å². The van der Waals surface area contributed by atoms with Crippen LogP contribution in [0.25, 0.3) is 10.9 Å². The van der Waals surface area contributed by atoms with Gasteiger partial charge in [0, 0.05) is 35.9 Å². The molecule has 2 aromatic rings. The van der Waals surface area contributed by atoms with Crippen LogP contribution in [0.5, 0.6) is 5.75 Å². The van der Waals surface area contributed by atoms with Gasteiger partial charge in [-0.05, 0) is 25.1 Å². The summed E-state index contributed by atoms with van der Waals surface area (Å²) in [6.45, 7) is 2.25. The number of aromatic nitrogens is 1. The molecule has 0 fully saturated rings. The van der Waals surface area contributed by atoms with Crippen LogP contribution in [-0.2, 0) is 14.0 Å². The van der Waals surface area contributed by atoms with E-state index in [2.05, 4.69) is 13.9 Å². The van der Waals surface area contributed by atoms with Crippen LogP contribution in [0.1, 0.15) is 6.92 Å². The SMILES string of the molecule is CC(NCCSOS(=O)(=O)[O-])Oc1ccnc2ccccc12. The van der Waals surface area contributed by atoms with Crippen molar-refractivity contribution in [1.82, 2.24) is 10.3 Å². The minimum atomic E-state index is -4.65. The molecule has 0 aliphatic rings. The highest BCUT2D eigenvalue weighted by molar-refractivity contribution is 8.02. The predicted octanol–water partition coefficient (Wildman–Crippen LogP) is 1.67. The Bertz CT molecular complexity index is 718. The van der Waals surface area contributed by atoms with E-state index in [9.17, 15) is 13.0 Å². The van der Waals surface area contributed by atoms with Gasteiger partial charge in [0.25, 0.3) is 0 Å². The predicted molar refractivity (Wildman–Crippen MR) is 83.1 cm³/mol. The molecule has 1 aromatic carbocycles. The van der Waals surface area contributed by atoms with E-state index in [1.807, 2.05) is 31.2 Å². The van der Waals surface area contributed by atoms with Crippen molar-refractivity contribution < 1.29 is 21.3 Å². The largest absolute Gasteiger partial charge is 0.725 e. The molecule has 0 aliphatic heterocycles. The third kappa shape index (κ3) is 5.43. The second-order valence-corrected chi connectivity index (χ2v) is 6.34. The Hall–Kier alpha value is -1.39. The van der Waals surface area contributed by atoms with Gasteiger partial charge >= 0.3 is 0 Å². The molecule has 0 bridgehead atoms. The molecule has 120 valence electrons. The van der Waals surface area contributed by atoms with Crippen molar-refractivity contribution in [2.45, 2.75) is 13.2 Å². The quantitative estimate of drug-likeness (QED) is 0.254. The fourth-order valence-corrected chi connectivity index (χ4v) is 2.75. The molecule has 0 saturated carbocycles. The molecule has 0 spiro atoms. The summed E-state index contributed by atoms with van der Waals surface area (Å²) in [6, 6.07) is 9.42. The first-order valence-corrected chi connectivity index (χ1v) is 8.71. The monoisotopic (exact) mass is 343 g/mol. The van der Waals surface area contributed by atoms with Crippen LogP contribution in [0, 0.1) is 0 Å². The maximum atomic E-state index is 10.2. The van der Waals surface area contributed by atoms with Gasteiger partial charge in [0.1, 0.15) is 12.0 Å². The number of hydrogen-bond acceptors (Lipinski definition) is 8. The number of rotatable bonds is 8. The third-order valence-electron chi connectivity index (χ3n) is 2.66. The lowest BCUT2D eigenvalue weighted by molar-refractivity contribution is 0.188.